The van der Waals surface area contributed by atoms with Gasteiger partial charge in [-0.05, 0) is 86.3 Å². The zero-order chi connectivity index (χ0) is 26.8. The van der Waals surface area contributed by atoms with Crippen LogP contribution in [0.5, 0.6) is 17.2 Å². The zero-order valence-electron chi connectivity index (χ0n) is 22.9. The molecule has 0 aliphatic heterocycles. The number of ketones is 1. The Hall–Kier alpha value is -3.02. The number of methoxy groups -OCH3 is 1. The van der Waals surface area contributed by atoms with E-state index >= 15 is 0 Å². The van der Waals surface area contributed by atoms with Crippen molar-refractivity contribution < 1.29 is 28.9 Å². The van der Waals surface area contributed by atoms with Crippen molar-refractivity contribution in [2.45, 2.75) is 85.0 Å². The van der Waals surface area contributed by atoms with Gasteiger partial charge in [-0.25, -0.2) is 0 Å². The minimum atomic E-state index is -0.155. The number of Topliss-reactive ketones (excluding diaryl/α,β-unsaturated/α-hetero) is 1. The lowest BCUT2D eigenvalue weighted by Gasteiger charge is -2.28. The lowest BCUT2D eigenvalue weighted by atomic mass is 9.79. The van der Waals surface area contributed by atoms with E-state index in [4.69, 9.17) is 14.2 Å². The van der Waals surface area contributed by atoms with Crippen LogP contribution < -0.4 is 9.47 Å². The van der Waals surface area contributed by atoms with Gasteiger partial charge in [0.2, 0.25) is 0 Å². The summed E-state index contributed by atoms with van der Waals surface area (Å²) in [5.74, 6) is 1.82. The molecule has 0 aromatic heterocycles. The lowest BCUT2D eigenvalue weighted by molar-refractivity contribution is -0.141. The highest BCUT2D eigenvalue weighted by molar-refractivity contribution is 5.97. The molecule has 0 saturated carbocycles. The molecule has 0 radical (unpaired) electrons. The number of fused-ring (bicyclic) bond motifs is 1. The quantitative estimate of drug-likeness (QED) is 0.180. The molecule has 2 aromatic carbocycles. The van der Waals surface area contributed by atoms with Gasteiger partial charge >= 0.3 is 5.97 Å². The van der Waals surface area contributed by atoms with Gasteiger partial charge in [-0.3, -0.25) is 9.59 Å². The fourth-order valence-electron chi connectivity index (χ4n) is 5.24. The van der Waals surface area contributed by atoms with E-state index in [0.717, 1.165) is 50.7 Å². The van der Waals surface area contributed by atoms with Gasteiger partial charge in [-0.15, -0.1) is 0 Å². The molecule has 1 aliphatic rings. The van der Waals surface area contributed by atoms with Crippen LogP contribution in [-0.4, -0.2) is 37.2 Å². The van der Waals surface area contributed by atoms with E-state index in [1.54, 1.807) is 12.1 Å². The Kier molecular flexibility index (Phi) is 10.8. The standard InChI is InChI=1S/C31H42O6/c1-5-8-25-27-20-22(11-17-30(33)35-4)10-12-23(27)13-15-28(25)36-18-7-19-37-29-16-14-24(21(3)32)31(34)26(29)9-6-2/h13-16,22,34H,5-12,17-20H2,1-4H3. The number of benzene rings is 2. The zero-order valence-corrected chi connectivity index (χ0v) is 22.9. The largest absolute Gasteiger partial charge is 0.507 e. The molecule has 0 saturated heterocycles. The Bertz CT molecular complexity index is 1070. The SMILES string of the molecule is CCCc1c(OCCCOc2ccc3c(c2CCC)CC(CCC(=O)OC)CC3)ccc(C(C)=O)c1O. The van der Waals surface area contributed by atoms with Crippen molar-refractivity contribution in [3.63, 3.8) is 0 Å². The van der Waals surface area contributed by atoms with Crippen LogP contribution >= 0.6 is 0 Å². The second-order valence-electron chi connectivity index (χ2n) is 9.95. The summed E-state index contributed by atoms with van der Waals surface area (Å²) >= 11 is 0. The summed E-state index contributed by atoms with van der Waals surface area (Å²) in [6.07, 6.45) is 8.69. The maximum absolute atomic E-state index is 11.8. The van der Waals surface area contributed by atoms with Crippen LogP contribution in [0.2, 0.25) is 0 Å². The molecule has 3 rings (SSSR count). The van der Waals surface area contributed by atoms with Crippen LogP contribution in [0.3, 0.4) is 0 Å². The van der Waals surface area contributed by atoms with Gasteiger partial charge in [0.15, 0.2) is 5.78 Å². The van der Waals surface area contributed by atoms with Gasteiger partial charge in [0.05, 0.1) is 25.9 Å². The molecule has 0 bridgehead atoms. The van der Waals surface area contributed by atoms with Gasteiger partial charge in [-0.1, -0.05) is 32.8 Å². The van der Waals surface area contributed by atoms with Crippen molar-refractivity contribution in [1.29, 1.82) is 0 Å². The minimum absolute atomic E-state index is 0.0336. The number of carbonyl (C=O) groups excluding carboxylic acids is 2. The van der Waals surface area contributed by atoms with Crippen molar-refractivity contribution in [2.24, 2.45) is 5.92 Å². The molecule has 1 aliphatic carbocycles. The number of aryl methyl sites for hydroxylation is 1. The van der Waals surface area contributed by atoms with Crippen molar-refractivity contribution in [1.82, 2.24) is 0 Å². The van der Waals surface area contributed by atoms with E-state index in [2.05, 4.69) is 19.1 Å². The molecule has 0 fully saturated rings. The Morgan fingerprint density at radius 3 is 2.27 bits per heavy atom. The number of hydrogen-bond acceptors (Lipinski definition) is 6. The van der Waals surface area contributed by atoms with Crippen LogP contribution in [0.4, 0.5) is 0 Å². The number of carbonyl (C=O) groups is 2. The first-order valence-corrected chi connectivity index (χ1v) is 13.7. The van der Waals surface area contributed by atoms with Crippen molar-refractivity contribution in [2.75, 3.05) is 20.3 Å². The number of phenols is 1. The molecule has 1 atom stereocenters. The first-order chi connectivity index (χ1) is 17.9. The van der Waals surface area contributed by atoms with Gasteiger partial charge in [0.1, 0.15) is 17.2 Å². The monoisotopic (exact) mass is 510 g/mol. The fraction of sp³-hybridized carbons (Fsp3) is 0.548. The van der Waals surface area contributed by atoms with Crippen LogP contribution in [0.1, 0.15) is 91.9 Å². The van der Waals surface area contributed by atoms with Crippen LogP contribution in [0.15, 0.2) is 24.3 Å². The smallest absolute Gasteiger partial charge is 0.305 e. The van der Waals surface area contributed by atoms with Crippen molar-refractivity contribution in [3.8, 4) is 17.2 Å². The van der Waals surface area contributed by atoms with E-state index in [1.807, 2.05) is 6.92 Å². The highest BCUT2D eigenvalue weighted by Gasteiger charge is 2.24. The highest BCUT2D eigenvalue weighted by Crippen LogP contribution is 2.36. The summed E-state index contributed by atoms with van der Waals surface area (Å²) in [6.45, 7) is 6.67. The molecular formula is C31H42O6. The summed E-state index contributed by atoms with van der Waals surface area (Å²) in [5.41, 5.74) is 5.15. The van der Waals surface area contributed by atoms with Gasteiger partial charge in [0.25, 0.3) is 0 Å². The Morgan fingerprint density at radius 1 is 0.973 bits per heavy atom. The summed E-state index contributed by atoms with van der Waals surface area (Å²) in [6, 6.07) is 7.72. The molecule has 202 valence electrons. The lowest BCUT2D eigenvalue weighted by Crippen LogP contribution is -2.18. The molecule has 37 heavy (non-hydrogen) atoms. The van der Waals surface area contributed by atoms with Gasteiger partial charge in [0, 0.05) is 18.4 Å². The molecule has 6 heteroatoms. The second-order valence-corrected chi connectivity index (χ2v) is 9.95. The van der Waals surface area contributed by atoms with E-state index < -0.39 is 0 Å². The molecule has 0 heterocycles. The van der Waals surface area contributed by atoms with E-state index in [0.29, 0.717) is 55.3 Å². The number of aromatic hydroxyl groups is 1. The molecule has 1 unspecified atom stereocenters. The topological polar surface area (TPSA) is 82.1 Å². The molecule has 2 aromatic rings. The number of rotatable bonds is 14. The average molecular weight is 511 g/mol. The van der Waals surface area contributed by atoms with Gasteiger partial charge in [-0.2, -0.15) is 0 Å². The van der Waals surface area contributed by atoms with E-state index in [1.165, 1.54) is 30.7 Å². The maximum Gasteiger partial charge on any atom is 0.305 e. The summed E-state index contributed by atoms with van der Waals surface area (Å²) in [5, 5.41) is 10.5. The van der Waals surface area contributed by atoms with Crippen LogP contribution in [0.25, 0.3) is 0 Å². The first kappa shape index (κ1) is 28.5. The summed E-state index contributed by atoms with van der Waals surface area (Å²) in [7, 11) is 1.45. The number of phenolic OH excluding ortho intramolecular Hbond substituents is 1. The molecule has 0 spiro atoms. The Labute approximate surface area is 221 Å². The van der Waals surface area contributed by atoms with E-state index in [9.17, 15) is 14.7 Å². The first-order valence-electron chi connectivity index (χ1n) is 13.7. The molecule has 0 amide bonds. The Morgan fingerprint density at radius 2 is 1.62 bits per heavy atom. The summed E-state index contributed by atoms with van der Waals surface area (Å²) in [4.78, 5) is 23.4. The minimum Gasteiger partial charge on any atom is -0.507 e. The second kappa shape index (κ2) is 14.1. The van der Waals surface area contributed by atoms with Crippen molar-refractivity contribution in [3.05, 3.63) is 52.1 Å². The van der Waals surface area contributed by atoms with Gasteiger partial charge < -0.3 is 19.3 Å². The number of ether oxygens (including phenoxy) is 3. The predicted molar refractivity (Wildman–Crippen MR) is 145 cm³/mol. The highest BCUT2D eigenvalue weighted by atomic mass is 16.5. The maximum atomic E-state index is 11.8. The van der Waals surface area contributed by atoms with Crippen LogP contribution in [0, 0.1) is 5.92 Å². The third kappa shape index (κ3) is 7.50. The van der Waals surface area contributed by atoms with Crippen LogP contribution in [-0.2, 0) is 35.2 Å². The normalized spacial score (nSPS) is 14.6. The fourth-order valence-corrected chi connectivity index (χ4v) is 5.24. The summed E-state index contributed by atoms with van der Waals surface area (Å²) < 4.78 is 17.1. The molecule has 6 nitrogen and oxygen atoms in total. The predicted octanol–water partition coefficient (Wildman–Crippen LogP) is 6.41. The van der Waals surface area contributed by atoms with Crippen molar-refractivity contribution >= 4 is 11.8 Å². The third-order valence-corrected chi connectivity index (χ3v) is 7.21. The van der Waals surface area contributed by atoms with E-state index in [-0.39, 0.29) is 17.5 Å². The average Bonchev–Trinajstić information content (AvgIpc) is 2.89. The Balaban J connectivity index is 1.61. The number of esters is 1. The molecule has 1 N–H and O–H groups in total. The number of hydrogen-bond donors (Lipinski definition) is 1. The molecular weight excluding hydrogens is 468 g/mol. The third-order valence-electron chi connectivity index (χ3n) is 7.21.